The fraction of sp³-hybridized carbons (Fsp3) is 0.138. The molecule has 7 heteroatoms. The van der Waals surface area contributed by atoms with Crippen molar-refractivity contribution in [1.29, 1.82) is 5.26 Å². The van der Waals surface area contributed by atoms with E-state index in [2.05, 4.69) is 42.9 Å². The summed E-state index contributed by atoms with van der Waals surface area (Å²) in [4.78, 5) is 26.3. The zero-order valence-corrected chi connectivity index (χ0v) is 20.2. The molecule has 7 nitrogen and oxygen atoms in total. The van der Waals surface area contributed by atoms with Gasteiger partial charge >= 0.3 is 0 Å². The quantitative estimate of drug-likeness (QED) is 0.348. The summed E-state index contributed by atoms with van der Waals surface area (Å²) in [6.45, 7) is 5.49. The van der Waals surface area contributed by atoms with E-state index in [0.29, 0.717) is 16.9 Å². The summed E-state index contributed by atoms with van der Waals surface area (Å²) in [5, 5.41) is 12.3. The van der Waals surface area contributed by atoms with Crippen molar-refractivity contribution in [2.24, 2.45) is 0 Å². The number of hydrogen-bond acceptors (Lipinski definition) is 5. The second kappa shape index (κ2) is 9.08. The van der Waals surface area contributed by atoms with Crippen LogP contribution in [-0.4, -0.2) is 25.3 Å². The van der Waals surface area contributed by atoms with Gasteiger partial charge in [-0.25, -0.2) is 4.98 Å². The number of imidazole rings is 1. The van der Waals surface area contributed by atoms with Gasteiger partial charge in [0, 0.05) is 34.8 Å². The first kappa shape index (κ1) is 22.9. The van der Waals surface area contributed by atoms with Gasteiger partial charge in [0.15, 0.2) is 0 Å². The van der Waals surface area contributed by atoms with Crippen LogP contribution in [0.3, 0.4) is 0 Å². The van der Waals surface area contributed by atoms with E-state index in [1.54, 1.807) is 38.4 Å². The van der Waals surface area contributed by atoms with Crippen LogP contribution in [0.5, 0.6) is 0 Å². The zero-order valence-electron chi connectivity index (χ0n) is 20.2. The molecule has 176 valence electrons. The highest BCUT2D eigenvalue weighted by molar-refractivity contribution is 6.04. The van der Waals surface area contributed by atoms with Crippen molar-refractivity contribution in [3.8, 4) is 28.5 Å². The van der Waals surface area contributed by atoms with Crippen molar-refractivity contribution in [3.05, 3.63) is 102 Å². The lowest BCUT2D eigenvalue weighted by atomic mass is 9.90. The maximum Gasteiger partial charge on any atom is 0.255 e. The number of fused-ring (bicyclic) bond motifs is 1. The van der Waals surface area contributed by atoms with Crippen molar-refractivity contribution in [1.82, 2.24) is 19.4 Å². The highest BCUT2D eigenvalue weighted by atomic mass is 16.1. The molecule has 0 atom stereocenters. The number of aromatic nitrogens is 4. The van der Waals surface area contributed by atoms with E-state index >= 15 is 0 Å². The average Bonchev–Trinajstić information content (AvgIpc) is 3.34. The number of amides is 1. The molecule has 1 N–H and O–H groups in total. The summed E-state index contributed by atoms with van der Waals surface area (Å²) in [5.74, 6) is -0.288. The summed E-state index contributed by atoms with van der Waals surface area (Å²) in [7, 11) is 0. The van der Waals surface area contributed by atoms with Crippen molar-refractivity contribution >= 4 is 17.2 Å². The molecule has 1 amide bonds. The van der Waals surface area contributed by atoms with Crippen LogP contribution in [0.4, 0.5) is 5.69 Å². The van der Waals surface area contributed by atoms with Crippen LogP contribution in [-0.2, 0) is 5.41 Å². The smallest absolute Gasteiger partial charge is 0.255 e. The minimum Gasteiger partial charge on any atom is -0.321 e. The number of nitriles is 1. The lowest BCUT2D eigenvalue weighted by Gasteiger charge is -2.15. The van der Waals surface area contributed by atoms with Gasteiger partial charge in [0.05, 0.1) is 41.0 Å². The van der Waals surface area contributed by atoms with Crippen LogP contribution >= 0.6 is 0 Å². The minimum atomic E-state index is -0.791. The standard InChI is InChI=1S/C29H24N6O/c1-19-24(20-7-6-8-21(13-20)25-17-33-27-9-4-5-12-35(25)27)15-23(16-32-19)34-28(36)22-10-11-31-26(14-22)29(2,3)18-30/h4-17H,1-3H3,(H,34,36). The Hall–Kier alpha value is -4.83. The van der Waals surface area contributed by atoms with Gasteiger partial charge in [0.25, 0.3) is 5.91 Å². The predicted octanol–water partition coefficient (Wildman–Crippen LogP) is 5.82. The molecule has 36 heavy (non-hydrogen) atoms. The third-order valence-electron chi connectivity index (χ3n) is 6.17. The molecule has 0 saturated heterocycles. The van der Waals surface area contributed by atoms with E-state index < -0.39 is 5.41 Å². The largest absolute Gasteiger partial charge is 0.321 e. The molecule has 5 aromatic rings. The average molecular weight is 473 g/mol. The maximum atomic E-state index is 13.0. The number of benzene rings is 1. The number of nitrogens with one attached hydrogen (secondary N) is 1. The Balaban J connectivity index is 1.45. The van der Waals surface area contributed by atoms with E-state index in [0.717, 1.165) is 33.7 Å². The normalized spacial score (nSPS) is 11.3. The summed E-state index contributed by atoms with van der Waals surface area (Å²) in [6, 6.07) is 21.5. The van der Waals surface area contributed by atoms with Gasteiger partial charge in [0.2, 0.25) is 0 Å². The fourth-order valence-corrected chi connectivity index (χ4v) is 4.06. The molecule has 0 fully saturated rings. The Kier molecular flexibility index (Phi) is 5.79. The number of anilines is 1. The number of rotatable bonds is 5. The monoisotopic (exact) mass is 472 g/mol. The van der Waals surface area contributed by atoms with Crippen LogP contribution in [0.2, 0.25) is 0 Å². The van der Waals surface area contributed by atoms with Crippen LogP contribution in [0.15, 0.2) is 85.5 Å². The number of carbonyl (C=O) groups excluding carboxylic acids is 1. The molecule has 0 aliphatic heterocycles. The number of aryl methyl sites for hydroxylation is 1. The molecule has 0 aliphatic carbocycles. The lowest BCUT2D eigenvalue weighted by molar-refractivity contribution is 0.102. The first-order valence-corrected chi connectivity index (χ1v) is 11.5. The number of carbonyl (C=O) groups is 1. The van der Waals surface area contributed by atoms with Crippen molar-refractivity contribution in [2.45, 2.75) is 26.2 Å². The molecule has 1 aromatic carbocycles. The van der Waals surface area contributed by atoms with Crippen LogP contribution in [0.1, 0.15) is 35.6 Å². The Morgan fingerprint density at radius 3 is 2.64 bits per heavy atom. The molecule has 5 rings (SSSR count). The summed E-state index contributed by atoms with van der Waals surface area (Å²) < 4.78 is 2.05. The highest BCUT2D eigenvalue weighted by Crippen LogP contribution is 2.30. The van der Waals surface area contributed by atoms with Gasteiger partial charge in [-0.2, -0.15) is 5.26 Å². The number of nitrogens with zero attached hydrogens (tertiary/aromatic N) is 5. The second-order valence-corrected chi connectivity index (χ2v) is 9.13. The third kappa shape index (κ3) is 4.32. The Morgan fingerprint density at radius 2 is 1.81 bits per heavy atom. The van der Waals surface area contributed by atoms with E-state index in [4.69, 9.17) is 0 Å². The number of hydrogen-bond donors (Lipinski definition) is 1. The van der Waals surface area contributed by atoms with Crippen molar-refractivity contribution < 1.29 is 4.79 Å². The van der Waals surface area contributed by atoms with Gasteiger partial charge in [-0.1, -0.05) is 24.3 Å². The van der Waals surface area contributed by atoms with Crippen LogP contribution < -0.4 is 5.32 Å². The zero-order chi connectivity index (χ0) is 25.3. The summed E-state index contributed by atoms with van der Waals surface area (Å²) in [6.07, 6.45) is 7.06. The highest BCUT2D eigenvalue weighted by Gasteiger charge is 2.22. The molecule has 4 heterocycles. The van der Waals surface area contributed by atoms with Gasteiger partial charge in [-0.3, -0.25) is 19.2 Å². The van der Waals surface area contributed by atoms with Crippen LogP contribution in [0, 0.1) is 18.3 Å². The summed E-state index contributed by atoms with van der Waals surface area (Å²) >= 11 is 0. The Bertz CT molecular complexity index is 1640. The molecule has 4 aromatic heterocycles. The van der Waals surface area contributed by atoms with Gasteiger partial charge in [-0.15, -0.1) is 0 Å². The molecular formula is C29H24N6O. The topological polar surface area (TPSA) is 96.0 Å². The molecule has 0 spiro atoms. The molecule has 0 aliphatic rings. The van der Waals surface area contributed by atoms with Crippen LogP contribution in [0.25, 0.3) is 28.0 Å². The Morgan fingerprint density at radius 1 is 0.972 bits per heavy atom. The Labute approximate surface area is 209 Å². The van der Waals surface area contributed by atoms with E-state index in [1.807, 2.05) is 55.7 Å². The SMILES string of the molecule is Cc1ncc(NC(=O)c2ccnc(C(C)(C)C#N)c2)cc1-c1cccc(-c2cnc3ccccn23)c1. The minimum absolute atomic E-state index is 0.288. The molecular weight excluding hydrogens is 448 g/mol. The maximum absolute atomic E-state index is 13.0. The number of pyridine rings is 3. The van der Waals surface area contributed by atoms with Gasteiger partial charge in [-0.05, 0) is 62.7 Å². The van der Waals surface area contributed by atoms with E-state index in [1.165, 1.54) is 0 Å². The fourth-order valence-electron chi connectivity index (χ4n) is 4.06. The van der Waals surface area contributed by atoms with Gasteiger partial charge in [0.1, 0.15) is 5.65 Å². The van der Waals surface area contributed by atoms with E-state index in [9.17, 15) is 10.1 Å². The predicted molar refractivity (Wildman–Crippen MR) is 139 cm³/mol. The summed E-state index contributed by atoms with van der Waals surface area (Å²) in [5.41, 5.74) is 6.44. The second-order valence-electron chi connectivity index (χ2n) is 9.13. The third-order valence-corrected chi connectivity index (χ3v) is 6.17. The van der Waals surface area contributed by atoms with Crippen molar-refractivity contribution in [3.63, 3.8) is 0 Å². The van der Waals surface area contributed by atoms with E-state index in [-0.39, 0.29) is 5.91 Å². The molecule has 0 unspecified atom stereocenters. The molecule has 0 radical (unpaired) electrons. The van der Waals surface area contributed by atoms with Crippen molar-refractivity contribution in [2.75, 3.05) is 5.32 Å². The first-order chi connectivity index (χ1) is 17.4. The van der Waals surface area contributed by atoms with Gasteiger partial charge < -0.3 is 5.32 Å². The first-order valence-electron chi connectivity index (χ1n) is 11.5. The lowest BCUT2D eigenvalue weighted by Crippen LogP contribution is -2.18. The molecule has 0 bridgehead atoms. The molecule has 0 saturated carbocycles.